The summed E-state index contributed by atoms with van der Waals surface area (Å²) in [6, 6.07) is 8.00. The molecule has 0 saturated heterocycles. The predicted octanol–water partition coefficient (Wildman–Crippen LogP) is 2.72. The number of anilines is 1. The van der Waals surface area contributed by atoms with E-state index >= 15 is 0 Å². The van der Waals surface area contributed by atoms with Crippen molar-refractivity contribution in [2.24, 2.45) is 0 Å². The molecule has 1 saturated carbocycles. The largest absolute Gasteiger partial charge is 0.452 e. The Labute approximate surface area is 173 Å². The third-order valence-corrected chi connectivity index (χ3v) is 5.01. The van der Waals surface area contributed by atoms with Gasteiger partial charge in [0, 0.05) is 12.1 Å². The van der Waals surface area contributed by atoms with Crippen LogP contribution in [0.15, 0.2) is 39.5 Å². The molecule has 2 aromatic rings. The van der Waals surface area contributed by atoms with Gasteiger partial charge in [-0.15, -0.1) is 0 Å². The molecule has 1 heterocycles. The number of para-hydroxylation sites is 1. The van der Waals surface area contributed by atoms with Gasteiger partial charge in [-0.2, -0.15) is 0 Å². The fourth-order valence-corrected chi connectivity index (χ4v) is 3.58. The number of amides is 2. The van der Waals surface area contributed by atoms with Gasteiger partial charge in [0.25, 0.3) is 11.8 Å². The monoisotopic (exact) mass is 412 g/mol. The summed E-state index contributed by atoms with van der Waals surface area (Å²) in [4.78, 5) is 48.5. The molecule has 0 spiro atoms. The van der Waals surface area contributed by atoms with Crippen molar-refractivity contribution in [3.63, 3.8) is 0 Å². The Balaban J connectivity index is 1.62. The van der Waals surface area contributed by atoms with Gasteiger partial charge in [0.1, 0.15) is 11.3 Å². The van der Waals surface area contributed by atoms with Crippen molar-refractivity contribution in [1.82, 2.24) is 5.32 Å². The number of carbonyl (C=O) groups excluding carboxylic acids is 3. The Kier molecular flexibility index (Phi) is 6.66. The maximum absolute atomic E-state index is 12.6. The second-order valence-electron chi connectivity index (χ2n) is 7.30. The lowest BCUT2D eigenvalue weighted by molar-refractivity contribution is -0.119. The van der Waals surface area contributed by atoms with Crippen LogP contribution in [0.4, 0.5) is 5.69 Å². The molecule has 2 amide bonds. The topological polar surface area (TPSA) is 115 Å². The molecule has 8 nitrogen and oxygen atoms in total. The highest BCUT2D eigenvalue weighted by atomic mass is 16.5. The zero-order chi connectivity index (χ0) is 21.7. The van der Waals surface area contributed by atoms with E-state index in [1.165, 1.54) is 13.0 Å². The number of nitrogens with one attached hydrogen (secondary N) is 2. The molecule has 1 aliphatic carbocycles. The summed E-state index contributed by atoms with van der Waals surface area (Å²) < 4.78 is 9.97. The molecule has 0 aliphatic heterocycles. The molecule has 0 radical (unpaired) electrons. The lowest BCUT2D eigenvalue weighted by atomic mass is 10.1. The number of hydrogen-bond acceptors (Lipinski definition) is 6. The molecule has 1 aromatic carbocycles. The van der Waals surface area contributed by atoms with E-state index in [0.717, 1.165) is 25.7 Å². The predicted molar refractivity (Wildman–Crippen MR) is 110 cm³/mol. The van der Waals surface area contributed by atoms with E-state index < -0.39 is 24.1 Å². The Hall–Kier alpha value is -3.42. The maximum atomic E-state index is 12.6. The van der Waals surface area contributed by atoms with Crippen LogP contribution >= 0.6 is 0 Å². The molecule has 2 N–H and O–H groups in total. The van der Waals surface area contributed by atoms with Gasteiger partial charge in [0.2, 0.25) is 0 Å². The van der Waals surface area contributed by atoms with Crippen LogP contribution in [0.5, 0.6) is 0 Å². The molecule has 1 aliphatic rings. The fraction of sp³-hybridized carbons (Fsp3) is 0.364. The van der Waals surface area contributed by atoms with Crippen LogP contribution in [0.1, 0.15) is 57.7 Å². The van der Waals surface area contributed by atoms with Crippen LogP contribution in [0, 0.1) is 13.8 Å². The summed E-state index contributed by atoms with van der Waals surface area (Å²) in [5, 5.41) is 5.60. The summed E-state index contributed by atoms with van der Waals surface area (Å²) >= 11 is 0. The van der Waals surface area contributed by atoms with Crippen LogP contribution < -0.4 is 16.3 Å². The van der Waals surface area contributed by atoms with Gasteiger partial charge in [-0.05, 0) is 44.4 Å². The smallest absolute Gasteiger partial charge is 0.342 e. The van der Waals surface area contributed by atoms with Crippen molar-refractivity contribution in [2.45, 2.75) is 45.6 Å². The molecule has 1 aromatic heterocycles. The minimum atomic E-state index is -0.767. The van der Waals surface area contributed by atoms with Gasteiger partial charge in [0.05, 0.1) is 11.3 Å². The summed E-state index contributed by atoms with van der Waals surface area (Å²) in [6.07, 6.45) is 4.10. The quantitative estimate of drug-likeness (QED) is 0.705. The molecular formula is C22H24N2O6. The van der Waals surface area contributed by atoms with E-state index in [1.807, 2.05) is 0 Å². The van der Waals surface area contributed by atoms with Crippen molar-refractivity contribution in [3.8, 4) is 0 Å². The standard InChI is InChI=1S/C22H24N2O6/c1-13-11-19(26)30-14(2)20(13)22(28)29-12-18(25)24-17-10-6-5-9-16(17)21(27)23-15-7-3-4-8-15/h5-6,9-11,15H,3-4,7-8,12H2,1-2H3,(H,23,27)(H,24,25). The lowest BCUT2D eigenvalue weighted by Crippen LogP contribution is -2.33. The number of aryl methyl sites for hydroxylation is 2. The maximum Gasteiger partial charge on any atom is 0.342 e. The molecular weight excluding hydrogens is 388 g/mol. The molecule has 8 heteroatoms. The van der Waals surface area contributed by atoms with Crippen molar-refractivity contribution in [3.05, 3.63) is 63.2 Å². The van der Waals surface area contributed by atoms with Gasteiger partial charge in [-0.1, -0.05) is 25.0 Å². The van der Waals surface area contributed by atoms with Crippen molar-refractivity contribution in [2.75, 3.05) is 11.9 Å². The first-order valence-electron chi connectivity index (χ1n) is 9.83. The highest BCUT2D eigenvalue weighted by molar-refractivity contribution is 6.04. The third-order valence-electron chi connectivity index (χ3n) is 5.01. The third kappa shape index (κ3) is 5.14. The van der Waals surface area contributed by atoms with E-state index in [0.29, 0.717) is 16.8 Å². The average molecular weight is 412 g/mol. The van der Waals surface area contributed by atoms with E-state index in [-0.39, 0.29) is 23.3 Å². The summed E-state index contributed by atoms with van der Waals surface area (Å²) in [5.41, 5.74) is 0.640. The van der Waals surface area contributed by atoms with E-state index in [9.17, 15) is 19.2 Å². The number of hydrogen-bond donors (Lipinski definition) is 2. The van der Waals surface area contributed by atoms with Crippen molar-refractivity contribution in [1.29, 1.82) is 0 Å². The number of benzene rings is 1. The number of ether oxygens (including phenoxy) is 1. The minimum Gasteiger partial charge on any atom is -0.452 e. The summed E-state index contributed by atoms with van der Waals surface area (Å²) in [7, 11) is 0. The second kappa shape index (κ2) is 9.39. The Morgan fingerprint density at radius 3 is 2.53 bits per heavy atom. The van der Waals surface area contributed by atoms with Gasteiger partial charge in [0.15, 0.2) is 6.61 Å². The molecule has 1 fully saturated rings. The first-order chi connectivity index (χ1) is 14.3. The lowest BCUT2D eigenvalue weighted by Gasteiger charge is -2.15. The summed E-state index contributed by atoms with van der Waals surface area (Å²) in [5.74, 6) is -1.48. The second-order valence-corrected chi connectivity index (χ2v) is 7.30. The Bertz CT molecular complexity index is 994. The normalized spacial score (nSPS) is 13.7. The average Bonchev–Trinajstić information content (AvgIpc) is 3.19. The SMILES string of the molecule is Cc1cc(=O)oc(C)c1C(=O)OCC(=O)Nc1ccccc1C(=O)NC1CCCC1. The van der Waals surface area contributed by atoms with Crippen LogP contribution in [-0.2, 0) is 9.53 Å². The first-order valence-corrected chi connectivity index (χ1v) is 9.83. The van der Waals surface area contributed by atoms with Crippen molar-refractivity contribution >= 4 is 23.5 Å². The van der Waals surface area contributed by atoms with Crippen LogP contribution in [0.3, 0.4) is 0 Å². The molecule has 30 heavy (non-hydrogen) atoms. The highest BCUT2D eigenvalue weighted by Gasteiger charge is 2.21. The van der Waals surface area contributed by atoms with Crippen LogP contribution in [0.2, 0.25) is 0 Å². The molecule has 158 valence electrons. The van der Waals surface area contributed by atoms with Crippen LogP contribution in [0.25, 0.3) is 0 Å². The molecule has 0 unspecified atom stereocenters. The zero-order valence-corrected chi connectivity index (χ0v) is 16.9. The van der Waals surface area contributed by atoms with E-state index in [1.54, 1.807) is 31.2 Å². The number of rotatable bonds is 6. The molecule has 3 rings (SSSR count). The Morgan fingerprint density at radius 1 is 1.13 bits per heavy atom. The summed E-state index contributed by atoms with van der Waals surface area (Å²) in [6.45, 7) is 2.51. The zero-order valence-electron chi connectivity index (χ0n) is 16.9. The first kappa shape index (κ1) is 21.3. The fourth-order valence-electron chi connectivity index (χ4n) is 3.58. The van der Waals surface area contributed by atoms with Gasteiger partial charge >= 0.3 is 11.6 Å². The molecule has 0 atom stereocenters. The minimum absolute atomic E-state index is 0.110. The van der Waals surface area contributed by atoms with Gasteiger partial charge in [-0.3, -0.25) is 9.59 Å². The van der Waals surface area contributed by atoms with Gasteiger partial charge < -0.3 is 19.8 Å². The molecule has 0 bridgehead atoms. The number of carbonyl (C=O) groups is 3. The van der Waals surface area contributed by atoms with E-state index in [2.05, 4.69) is 10.6 Å². The van der Waals surface area contributed by atoms with Crippen LogP contribution in [-0.4, -0.2) is 30.4 Å². The van der Waals surface area contributed by atoms with Crippen molar-refractivity contribution < 1.29 is 23.5 Å². The Morgan fingerprint density at radius 2 is 1.83 bits per heavy atom. The van der Waals surface area contributed by atoms with E-state index in [4.69, 9.17) is 9.15 Å². The highest BCUT2D eigenvalue weighted by Crippen LogP contribution is 2.20. The van der Waals surface area contributed by atoms with Gasteiger partial charge in [-0.25, -0.2) is 9.59 Å². The number of esters is 1.